The summed E-state index contributed by atoms with van der Waals surface area (Å²) in [5.74, 6) is -0.194. The zero-order chi connectivity index (χ0) is 14.7. The number of nitrogens with zero attached hydrogens (tertiary/aromatic N) is 1. The van der Waals surface area contributed by atoms with Crippen LogP contribution in [0.25, 0.3) is 0 Å². The largest absolute Gasteiger partial charge is 0.329 e. The Morgan fingerprint density at radius 1 is 1.16 bits per heavy atom. The molecule has 2 nitrogen and oxygen atoms in total. The Kier molecular flexibility index (Phi) is 5.11. The van der Waals surface area contributed by atoms with E-state index in [-0.39, 0.29) is 16.9 Å². The Morgan fingerprint density at radius 2 is 1.68 bits per heavy atom. The van der Waals surface area contributed by atoms with Crippen LogP contribution in [-0.4, -0.2) is 29.6 Å². The number of likely N-dealkylation sites (N-methyl/N-ethyl adjacent to an activating group) is 1. The molecule has 0 radical (unpaired) electrons. The molecule has 1 atom stereocenters. The van der Waals surface area contributed by atoms with Crippen molar-refractivity contribution in [2.75, 3.05) is 13.6 Å². The molecule has 1 aromatic carbocycles. The highest BCUT2D eigenvalue weighted by Gasteiger charge is 2.36. The molecular formula is C16H27FN2. The molecule has 0 bridgehead atoms. The molecule has 108 valence electrons. The normalized spacial score (nSPS) is 15.6. The van der Waals surface area contributed by atoms with Crippen molar-refractivity contribution in [1.82, 2.24) is 4.90 Å². The molecule has 0 fully saturated rings. The first-order valence-electron chi connectivity index (χ1n) is 6.93. The van der Waals surface area contributed by atoms with Crippen LogP contribution in [0.4, 0.5) is 4.39 Å². The van der Waals surface area contributed by atoms with Gasteiger partial charge in [-0.25, -0.2) is 4.39 Å². The van der Waals surface area contributed by atoms with Crippen molar-refractivity contribution in [3.05, 3.63) is 35.6 Å². The van der Waals surface area contributed by atoms with E-state index in [1.165, 1.54) is 12.1 Å². The summed E-state index contributed by atoms with van der Waals surface area (Å²) in [6.07, 6.45) is 1.88. The highest BCUT2D eigenvalue weighted by Crippen LogP contribution is 2.28. The van der Waals surface area contributed by atoms with Gasteiger partial charge in [0, 0.05) is 17.6 Å². The lowest BCUT2D eigenvalue weighted by Gasteiger charge is -2.47. The molecule has 0 amide bonds. The first-order valence-corrected chi connectivity index (χ1v) is 6.93. The fraction of sp³-hybridized carbons (Fsp3) is 0.625. The minimum Gasteiger partial charge on any atom is -0.329 e. The van der Waals surface area contributed by atoms with Gasteiger partial charge < -0.3 is 5.73 Å². The van der Waals surface area contributed by atoms with Gasteiger partial charge in [-0.3, -0.25) is 4.90 Å². The fourth-order valence-corrected chi connectivity index (χ4v) is 2.34. The van der Waals surface area contributed by atoms with Crippen molar-refractivity contribution in [1.29, 1.82) is 0 Å². The summed E-state index contributed by atoms with van der Waals surface area (Å²) in [4.78, 5) is 2.35. The van der Waals surface area contributed by atoms with Crippen LogP contribution in [0.15, 0.2) is 24.3 Å². The third-order valence-corrected chi connectivity index (χ3v) is 4.52. The van der Waals surface area contributed by atoms with Gasteiger partial charge in [0.1, 0.15) is 5.82 Å². The lowest BCUT2D eigenvalue weighted by atomic mass is 9.86. The predicted molar refractivity (Wildman–Crippen MR) is 79.7 cm³/mol. The van der Waals surface area contributed by atoms with Gasteiger partial charge in [-0.15, -0.1) is 0 Å². The topological polar surface area (TPSA) is 29.3 Å². The molecule has 0 aromatic heterocycles. The third-order valence-electron chi connectivity index (χ3n) is 4.52. The summed E-state index contributed by atoms with van der Waals surface area (Å²) < 4.78 is 13.0. The molecular weight excluding hydrogens is 239 g/mol. The van der Waals surface area contributed by atoms with E-state index in [2.05, 4.69) is 39.6 Å². The highest BCUT2D eigenvalue weighted by atomic mass is 19.1. The van der Waals surface area contributed by atoms with E-state index >= 15 is 0 Å². The number of nitrogens with two attached hydrogens (primary N) is 1. The van der Waals surface area contributed by atoms with Gasteiger partial charge in [0.15, 0.2) is 0 Å². The minimum atomic E-state index is -0.194. The molecule has 1 rings (SSSR count). The van der Waals surface area contributed by atoms with Crippen LogP contribution in [0, 0.1) is 5.82 Å². The van der Waals surface area contributed by atoms with Crippen LogP contribution < -0.4 is 5.73 Å². The van der Waals surface area contributed by atoms with E-state index in [0.717, 1.165) is 18.4 Å². The maximum absolute atomic E-state index is 13.0. The molecule has 19 heavy (non-hydrogen) atoms. The van der Waals surface area contributed by atoms with E-state index in [0.29, 0.717) is 6.54 Å². The summed E-state index contributed by atoms with van der Waals surface area (Å²) in [6.45, 7) is 9.39. The number of halogens is 1. The number of benzene rings is 1. The molecule has 0 aliphatic rings. The quantitative estimate of drug-likeness (QED) is 0.856. The molecule has 0 spiro atoms. The maximum Gasteiger partial charge on any atom is 0.123 e. The minimum absolute atomic E-state index is 0.0914. The fourth-order valence-electron chi connectivity index (χ4n) is 2.34. The average Bonchev–Trinajstić information content (AvgIpc) is 2.40. The van der Waals surface area contributed by atoms with Crippen LogP contribution in [0.1, 0.15) is 39.7 Å². The molecule has 0 heterocycles. The smallest absolute Gasteiger partial charge is 0.123 e. The summed E-state index contributed by atoms with van der Waals surface area (Å²) in [6, 6.07) is 6.71. The molecule has 0 saturated carbocycles. The Bertz CT molecular complexity index is 400. The van der Waals surface area contributed by atoms with Crippen molar-refractivity contribution < 1.29 is 4.39 Å². The second-order valence-corrected chi connectivity index (χ2v) is 6.23. The van der Waals surface area contributed by atoms with E-state index in [9.17, 15) is 4.39 Å². The van der Waals surface area contributed by atoms with Crippen molar-refractivity contribution in [2.45, 2.75) is 51.6 Å². The van der Waals surface area contributed by atoms with E-state index in [1.807, 2.05) is 12.1 Å². The first kappa shape index (κ1) is 16.1. The van der Waals surface area contributed by atoms with Gasteiger partial charge in [-0.05, 0) is 58.4 Å². The van der Waals surface area contributed by atoms with Crippen molar-refractivity contribution >= 4 is 0 Å². The Hall–Kier alpha value is -0.930. The Balaban J connectivity index is 2.94. The van der Waals surface area contributed by atoms with Gasteiger partial charge in [0.2, 0.25) is 0 Å². The lowest BCUT2D eigenvalue weighted by molar-refractivity contribution is 0.0355. The van der Waals surface area contributed by atoms with Crippen molar-refractivity contribution in [3.8, 4) is 0 Å². The monoisotopic (exact) mass is 266 g/mol. The number of rotatable bonds is 6. The van der Waals surface area contributed by atoms with Gasteiger partial charge in [0.25, 0.3) is 0 Å². The Morgan fingerprint density at radius 3 is 2.11 bits per heavy atom. The van der Waals surface area contributed by atoms with E-state index in [1.54, 1.807) is 0 Å². The van der Waals surface area contributed by atoms with Crippen LogP contribution in [0.2, 0.25) is 0 Å². The van der Waals surface area contributed by atoms with Crippen LogP contribution in [0.3, 0.4) is 0 Å². The second-order valence-electron chi connectivity index (χ2n) is 6.23. The maximum atomic E-state index is 13.0. The standard InChI is InChI=1S/C16H27FN2/c1-6-15(2,3)19(5)16(4,12-18)11-13-7-9-14(17)10-8-13/h7-10H,6,11-12,18H2,1-5H3. The molecule has 0 aliphatic carbocycles. The SMILES string of the molecule is CCC(C)(C)N(C)C(C)(CN)Cc1ccc(F)cc1. The molecule has 2 N–H and O–H groups in total. The van der Waals surface area contributed by atoms with E-state index < -0.39 is 0 Å². The van der Waals surface area contributed by atoms with Gasteiger partial charge in [-0.2, -0.15) is 0 Å². The number of hydrogen-bond acceptors (Lipinski definition) is 2. The van der Waals surface area contributed by atoms with Gasteiger partial charge in [-0.1, -0.05) is 19.1 Å². The van der Waals surface area contributed by atoms with Crippen LogP contribution in [-0.2, 0) is 6.42 Å². The highest BCUT2D eigenvalue weighted by molar-refractivity contribution is 5.19. The predicted octanol–water partition coefficient (Wildman–Crippen LogP) is 3.21. The zero-order valence-electron chi connectivity index (χ0n) is 12.8. The molecule has 1 unspecified atom stereocenters. The third kappa shape index (κ3) is 3.77. The van der Waals surface area contributed by atoms with Gasteiger partial charge >= 0.3 is 0 Å². The zero-order valence-corrected chi connectivity index (χ0v) is 12.8. The summed E-state index contributed by atoms with van der Waals surface area (Å²) in [7, 11) is 2.12. The molecule has 1 aromatic rings. The number of hydrogen-bond donors (Lipinski definition) is 1. The molecule has 0 aliphatic heterocycles. The first-order chi connectivity index (χ1) is 8.75. The molecule has 0 saturated heterocycles. The summed E-state index contributed by atoms with van der Waals surface area (Å²) in [5, 5.41) is 0. The average molecular weight is 266 g/mol. The molecule has 3 heteroatoms. The second kappa shape index (κ2) is 6.02. The van der Waals surface area contributed by atoms with E-state index in [4.69, 9.17) is 5.73 Å². The van der Waals surface area contributed by atoms with Crippen LogP contribution in [0.5, 0.6) is 0 Å². The lowest BCUT2D eigenvalue weighted by Crippen LogP contribution is -2.59. The summed E-state index contributed by atoms with van der Waals surface area (Å²) in [5.41, 5.74) is 7.10. The van der Waals surface area contributed by atoms with Gasteiger partial charge in [0.05, 0.1) is 0 Å². The summed E-state index contributed by atoms with van der Waals surface area (Å²) >= 11 is 0. The van der Waals surface area contributed by atoms with Crippen molar-refractivity contribution in [3.63, 3.8) is 0 Å². The Labute approximate surface area is 116 Å². The van der Waals surface area contributed by atoms with Crippen LogP contribution >= 0.6 is 0 Å². The van der Waals surface area contributed by atoms with Crippen molar-refractivity contribution in [2.24, 2.45) is 5.73 Å².